The number of nitrogens with zero attached hydrogens (tertiary/aromatic N) is 7. The van der Waals surface area contributed by atoms with Gasteiger partial charge in [0, 0.05) is 75.1 Å². The number of halogens is 1. The van der Waals surface area contributed by atoms with E-state index in [2.05, 4.69) is 61.3 Å². The monoisotopic (exact) mass is 519 g/mol. The molecule has 0 amide bonds. The van der Waals surface area contributed by atoms with Crippen LogP contribution in [0.3, 0.4) is 0 Å². The number of hydrogen-bond donors (Lipinski definition) is 2. The molecule has 4 aromatic rings. The summed E-state index contributed by atoms with van der Waals surface area (Å²) in [6.45, 7) is 10.7. The van der Waals surface area contributed by atoms with Gasteiger partial charge in [-0.2, -0.15) is 5.10 Å². The summed E-state index contributed by atoms with van der Waals surface area (Å²) in [5.74, 6) is 0.317. The van der Waals surface area contributed by atoms with Crippen molar-refractivity contribution in [1.29, 1.82) is 0 Å². The van der Waals surface area contributed by atoms with Gasteiger partial charge in [0.05, 0.1) is 18.5 Å². The summed E-state index contributed by atoms with van der Waals surface area (Å²) in [6, 6.07) is 6.14. The quantitative estimate of drug-likeness (QED) is 0.380. The fourth-order valence-electron chi connectivity index (χ4n) is 5.04. The summed E-state index contributed by atoms with van der Waals surface area (Å²) < 4.78 is 22.0. The van der Waals surface area contributed by atoms with Crippen LogP contribution in [-0.4, -0.2) is 74.0 Å². The number of fused-ring (bicyclic) bond motifs is 1. The van der Waals surface area contributed by atoms with Crippen LogP contribution in [0.25, 0.3) is 22.3 Å². The third-order valence-corrected chi connectivity index (χ3v) is 6.60. The van der Waals surface area contributed by atoms with E-state index in [9.17, 15) is 4.39 Å². The zero-order chi connectivity index (χ0) is 26.9. The maximum atomic E-state index is 14.9. The first-order valence-electron chi connectivity index (χ1n) is 12.7. The zero-order valence-corrected chi connectivity index (χ0v) is 22.5. The normalized spacial score (nSPS) is 16.7. The topological polar surface area (TPSA) is 106 Å². The SMILES string of the molecule is COCC1CN(Cc2ccc(Nc3ncc(F)c(-c4cnc5nn(C)c(C(C)(C)C)c5c4)n3)nc2)CCN1. The lowest BCUT2D eigenvalue weighted by Gasteiger charge is -2.33. The van der Waals surface area contributed by atoms with Crippen molar-refractivity contribution in [3.63, 3.8) is 0 Å². The molecule has 0 radical (unpaired) electrons. The van der Waals surface area contributed by atoms with Gasteiger partial charge in [0.15, 0.2) is 11.5 Å². The van der Waals surface area contributed by atoms with Gasteiger partial charge in [-0.1, -0.05) is 26.8 Å². The molecule has 1 aliphatic rings. The van der Waals surface area contributed by atoms with E-state index in [4.69, 9.17) is 4.74 Å². The lowest BCUT2D eigenvalue weighted by atomic mass is 9.89. The minimum atomic E-state index is -0.524. The molecule has 4 aromatic heterocycles. The molecule has 0 saturated carbocycles. The van der Waals surface area contributed by atoms with Crippen LogP contribution in [-0.2, 0) is 23.7 Å². The Kier molecular flexibility index (Phi) is 7.33. The second-order valence-corrected chi connectivity index (χ2v) is 10.7. The van der Waals surface area contributed by atoms with Crippen molar-refractivity contribution in [2.24, 2.45) is 7.05 Å². The lowest BCUT2D eigenvalue weighted by molar-refractivity contribution is 0.112. The molecule has 0 bridgehead atoms. The summed E-state index contributed by atoms with van der Waals surface area (Å²) in [6.07, 6.45) is 4.60. The van der Waals surface area contributed by atoms with Crippen molar-refractivity contribution in [2.75, 3.05) is 38.7 Å². The first kappa shape index (κ1) is 26.1. The highest BCUT2D eigenvalue weighted by Gasteiger charge is 2.24. The maximum Gasteiger partial charge on any atom is 0.229 e. The van der Waals surface area contributed by atoms with Gasteiger partial charge in [0.1, 0.15) is 11.5 Å². The molecule has 0 aliphatic carbocycles. The molecule has 1 unspecified atom stereocenters. The smallest absolute Gasteiger partial charge is 0.229 e. The number of methoxy groups -OCH3 is 1. The molecule has 1 saturated heterocycles. The Morgan fingerprint density at radius 2 is 2.00 bits per heavy atom. The summed E-state index contributed by atoms with van der Waals surface area (Å²) in [7, 11) is 3.62. The van der Waals surface area contributed by atoms with Crippen molar-refractivity contribution in [3.8, 4) is 11.3 Å². The van der Waals surface area contributed by atoms with Gasteiger partial charge in [0.25, 0.3) is 0 Å². The van der Waals surface area contributed by atoms with E-state index in [1.165, 1.54) is 0 Å². The Labute approximate surface area is 221 Å². The first-order valence-corrected chi connectivity index (χ1v) is 12.7. The predicted octanol–water partition coefficient (Wildman–Crippen LogP) is 3.42. The third kappa shape index (κ3) is 5.64. The van der Waals surface area contributed by atoms with Gasteiger partial charge in [-0.15, -0.1) is 0 Å². The van der Waals surface area contributed by atoms with Gasteiger partial charge in [-0.3, -0.25) is 9.58 Å². The number of anilines is 2. The van der Waals surface area contributed by atoms with Crippen LogP contribution in [0.5, 0.6) is 0 Å². The average molecular weight is 520 g/mol. The van der Waals surface area contributed by atoms with E-state index >= 15 is 0 Å². The minimum absolute atomic E-state index is 0.158. The number of ether oxygens (including phenoxy) is 1. The molecule has 0 spiro atoms. The molecule has 200 valence electrons. The molecule has 1 atom stereocenters. The first-order chi connectivity index (χ1) is 18.2. The Balaban J connectivity index is 1.33. The van der Waals surface area contributed by atoms with Crippen LogP contribution in [0.4, 0.5) is 16.2 Å². The molecular formula is C27H34FN9O. The standard InChI is InChI=1S/C27H34FN9O/c1-27(2,3)24-20-10-18(12-31-25(20)35-36(24)4)23-21(28)13-32-26(34-23)33-22-7-6-17(11-30-22)14-37-9-8-29-19(15-37)16-38-5/h6-7,10-13,19,29H,8-9,14-16H2,1-5H3,(H,30,32,33,34). The Morgan fingerprint density at radius 1 is 1.16 bits per heavy atom. The van der Waals surface area contributed by atoms with Crippen molar-refractivity contribution in [3.05, 3.63) is 53.9 Å². The third-order valence-electron chi connectivity index (χ3n) is 6.60. The molecule has 10 nitrogen and oxygen atoms in total. The molecule has 0 aromatic carbocycles. The molecule has 2 N–H and O–H groups in total. The Hall–Kier alpha value is -3.54. The highest BCUT2D eigenvalue weighted by molar-refractivity contribution is 5.83. The summed E-state index contributed by atoms with van der Waals surface area (Å²) in [4.78, 5) is 20.0. The maximum absolute atomic E-state index is 14.9. The number of aromatic nitrogens is 6. The van der Waals surface area contributed by atoms with Gasteiger partial charge in [0.2, 0.25) is 5.95 Å². The van der Waals surface area contributed by atoms with Crippen molar-refractivity contribution in [1.82, 2.24) is 39.9 Å². The van der Waals surface area contributed by atoms with E-state index in [1.807, 2.05) is 36.1 Å². The lowest BCUT2D eigenvalue weighted by Crippen LogP contribution is -2.52. The van der Waals surface area contributed by atoms with E-state index in [-0.39, 0.29) is 17.1 Å². The fraction of sp³-hybridized carbons (Fsp3) is 0.444. The van der Waals surface area contributed by atoms with Gasteiger partial charge < -0.3 is 15.4 Å². The number of pyridine rings is 2. The number of hydrogen-bond acceptors (Lipinski definition) is 9. The number of rotatable bonds is 7. The molecule has 1 aliphatic heterocycles. The van der Waals surface area contributed by atoms with E-state index in [1.54, 1.807) is 13.3 Å². The number of aryl methyl sites for hydroxylation is 1. The summed E-state index contributed by atoms with van der Waals surface area (Å²) >= 11 is 0. The Morgan fingerprint density at radius 3 is 2.74 bits per heavy atom. The number of nitrogens with one attached hydrogen (secondary N) is 2. The van der Waals surface area contributed by atoms with Crippen molar-refractivity contribution >= 4 is 22.8 Å². The van der Waals surface area contributed by atoms with E-state index in [0.717, 1.165) is 49.0 Å². The van der Waals surface area contributed by atoms with E-state index in [0.29, 0.717) is 29.7 Å². The molecule has 5 heterocycles. The largest absolute Gasteiger partial charge is 0.383 e. The predicted molar refractivity (Wildman–Crippen MR) is 145 cm³/mol. The van der Waals surface area contributed by atoms with Crippen LogP contribution < -0.4 is 10.6 Å². The van der Waals surface area contributed by atoms with Gasteiger partial charge in [-0.05, 0) is 17.7 Å². The highest BCUT2D eigenvalue weighted by atomic mass is 19.1. The Bertz CT molecular complexity index is 1410. The average Bonchev–Trinajstić information content (AvgIpc) is 3.22. The number of piperazine rings is 1. The molecule has 1 fully saturated rings. The van der Waals surface area contributed by atoms with Gasteiger partial charge in [-0.25, -0.2) is 24.3 Å². The van der Waals surface area contributed by atoms with Crippen LogP contribution in [0, 0.1) is 5.82 Å². The van der Waals surface area contributed by atoms with E-state index < -0.39 is 5.82 Å². The van der Waals surface area contributed by atoms with Crippen LogP contribution >= 0.6 is 0 Å². The second kappa shape index (κ2) is 10.7. The van der Waals surface area contributed by atoms with Crippen LogP contribution in [0.2, 0.25) is 0 Å². The summed E-state index contributed by atoms with van der Waals surface area (Å²) in [5, 5.41) is 12.0. The second-order valence-electron chi connectivity index (χ2n) is 10.7. The fourth-order valence-corrected chi connectivity index (χ4v) is 5.04. The zero-order valence-electron chi connectivity index (χ0n) is 22.5. The molecule has 11 heteroatoms. The summed E-state index contributed by atoms with van der Waals surface area (Å²) in [5.41, 5.74) is 3.32. The highest BCUT2D eigenvalue weighted by Crippen LogP contribution is 2.32. The van der Waals surface area contributed by atoms with Crippen LogP contribution in [0.1, 0.15) is 32.0 Å². The van der Waals surface area contributed by atoms with Crippen molar-refractivity contribution < 1.29 is 9.13 Å². The van der Waals surface area contributed by atoms with Gasteiger partial charge >= 0.3 is 0 Å². The molecule has 5 rings (SSSR count). The molecular weight excluding hydrogens is 485 g/mol. The van der Waals surface area contributed by atoms with Crippen molar-refractivity contribution in [2.45, 2.75) is 38.8 Å². The van der Waals surface area contributed by atoms with Crippen LogP contribution in [0.15, 0.2) is 36.8 Å². The molecule has 38 heavy (non-hydrogen) atoms. The minimum Gasteiger partial charge on any atom is -0.383 e.